The lowest BCUT2D eigenvalue weighted by molar-refractivity contribution is -0.218. The second-order valence-corrected chi connectivity index (χ2v) is 6.53. The SMILES string of the molecule is CCOC1CC(NC(=O)C2(C(F)(F)F)CCNC2)C1(C)C. The Kier molecular flexibility index (Phi) is 4.28. The van der Waals surface area contributed by atoms with Crippen LogP contribution in [0.5, 0.6) is 0 Å². The van der Waals surface area contributed by atoms with Crippen molar-refractivity contribution in [2.75, 3.05) is 19.7 Å². The maximum Gasteiger partial charge on any atom is 0.404 e. The standard InChI is InChI=1S/C14H23F3N2O2/c1-4-21-10-7-9(12(10,2)3)19-11(20)13(14(15,16)17)5-6-18-8-13/h9-10,18H,4-8H2,1-3H3,(H,19,20). The van der Waals surface area contributed by atoms with E-state index in [0.29, 0.717) is 13.0 Å². The number of hydrogen-bond donors (Lipinski definition) is 2. The molecule has 0 bridgehead atoms. The molecule has 7 heteroatoms. The number of halogens is 3. The Morgan fingerprint density at radius 3 is 2.52 bits per heavy atom. The molecule has 0 aromatic heterocycles. The number of nitrogens with one attached hydrogen (secondary N) is 2. The van der Waals surface area contributed by atoms with Gasteiger partial charge in [0.15, 0.2) is 5.41 Å². The van der Waals surface area contributed by atoms with Gasteiger partial charge in [0.25, 0.3) is 0 Å². The van der Waals surface area contributed by atoms with Crippen molar-refractivity contribution < 1.29 is 22.7 Å². The first-order valence-corrected chi connectivity index (χ1v) is 7.35. The summed E-state index contributed by atoms with van der Waals surface area (Å²) in [6.07, 6.45) is -4.19. The summed E-state index contributed by atoms with van der Waals surface area (Å²) in [5.74, 6) is -0.909. The molecule has 2 aliphatic rings. The van der Waals surface area contributed by atoms with Crippen LogP contribution in [-0.2, 0) is 9.53 Å². The molecule has 1 heterocycles. The average molecular weight is 308 g/mol. The average Bonchev–Trinajstić information content (AvgIpc) is 2.87. The lowest BCUT2D eigenvalue weighted by Crippen LogP contribution is -2.65. The fraction of sp³-hybridized carbons (Fsp3) is 0.929. The molecule has 0 radical (unpaired) electrons. The van der Waals surface area contributed by atoms with E-state index >= 15 is 0 Å². The van der Waals surface area contributed by atoms with Gasteiger partial charge in [-0.1, -0.05) is 13.8 Å². The van der Waals surface area contributed by atoms with Crippen LogP contribution in [0.3, 0.4) is 0 Å². The summed E-state index contributed by atoms with van der Waals surface area (Å²) in [5, 5.41) is 5.26. The van der Waals surface area contributed by atoms with Crippen molar-refractivity contribution in [3.05, 3.63) is 0 Å². The van der Waals surface area contributed by atoms with Gasteiger partial charge in [-0.3, -0.25) is 4.79 Å². The van der Waals surface area contributed by atoms with Crippen LogP contribution in [0.25, 0.3) is 0 Å². The fourth-order valence-corrected chi connectivity index (χ4v) is 3.17. The van der Waals surface area contributed by atoms with Gasteiger partial charge in [-0.05, 0) is 26.3 Å². The van der Waals surface area contributed by atoms with Crippen molar-refractivity contribution in [1.82, 2.24) is 10.6 Å². The van der Waals surface area contributed by atoms with E-state index in [1.54, 1.807) is 0 Å². The van der Waals surface area contributed by atoms with Gasteiger partial charge in [-0.15, -0.1) is 0 Å². The minimum atomic E-state index is -4.53. The molecule has 4 nitrogen and oxygen atoms in total. The van der Waals surface area contributed by atoms with Crippen molar-refractivity contribution >= 4 is 5.91 Å². The van der Waals surface area contributed by atoms with Crippen molar-refractivity contribution in [3.63, 3.8) is 0 Å². The highest BCUT2D eigenvalue weighted by atomic mass is 19.4. The van der Waals surface area contributed by atoms with Gasteiger partial charge in [-0.25, -0.2) is 0 Å². The number of amides is 1. The van der Waals surface area contributed by atoms with Gasteiger partial charge in [-0.2, -0.15) is 13.2 Å². The fourth-order valence-electron chi connectivity index (χ4n) is 3.17. The van der Waals surface area contributed by atoms with Gasteiger partial charge in [0.2, 0.25) is 5.91 Å². The molecule has 1 aliphatic heterocycles. The van der Waals surface area contributed by atoms with Crippen molar-refractivity contribution in [1.29, 1.82) is 0 Å². The molecule has 1 saturated carbocycles. The highest BCUT2D eigenvalue weighted by molar-refractivity contribution is 5.84. The van der Waals surface area contributed by atoms with Crippen LogP contribution in [-0.4, -0.2) is 43.9 Å². The largest absolute Gasteiger partial charge is 0.404 e. The Morgan fingerprint density at radius 2 is 2.10 bits per heavy atom. The molecular weight excluding hydrogens is 285 g/mol. The third kappa shape index (κ3) is 2.65. The lowest BCUT2D eigenvalue weighted by atomic mass is 9.64. The summed E-state index contributed by atoms with van der Waals surface area (Å²) in [6, 6.07) is -0.277. The van der Waals surface area contributed by atoms with Crippen LogP contribution < -0.4 is 10.6 Å². The number of rotatable bonds is 4. The van der Waals surface area contributed by atoms with E-state index in [4.69, 9.17) is 4.74 Å². The highest BCUT2D eigenvalue weighted by Gasteiger charge is 2.62. The predicted octanol–water partition coefficient (Wildman–Crippen LogP) is 1.85. The molecule has 1 aliphatic carbocycles. The predicted molar refractivity (Wildman–Crippen MR) is 71.7 cm³/mol. The summed E-state index contributed by atoms with van der Waals surface area (Å²) in [6.45, 7) is 6.13. The molecule has 21 heavy (non-hydrogen) atoms. The van der Waals surface area contributed by atoms with Crippen molar-refractivity contribution in [2.45, 2.75) is 51.9 Å². The summed E-state index contributed by atoms with van der Waals surface area (Å²) in [5.41, 5.74) is -2.63. The second-order valence-electron chi connectivity index (χ2n) is 6.53. The zero-order chi connectivity index (χ0) is 15.9. The molecule has 1 amide bonds. The molecule has 2 N–H and O–H groups in total. The topological polar surface area (TPSA) is 50.4 Å². The molecule has 3 atom stereocenters. The van der Waals surface area contributed by atoms with Gasteiger partial charge in [0, 0.05) is 24.6 Å². The lowest BCUT2D eigenvalue weighted by Gasteiger charge is -2.52. The zero-order valence-corrected chi connectivity index (χ0v) is 12.6. The smallest absolute Gasteiger partial charge is 0.378 e. The molecular formula is C14H23F3N2O2. The molecule has 0 aromatic rings. The quantitative estimate of drug-likeness (QED) is 0.833. The maximum atomic E-state index is 13.3. The van der Waals surface area contributed by atoms with Crippen LogP contribution in [0.1, 0.15) is 33.6 Å². The van der Waals surface area contributed by atoms with Crippen LogP contribution in [0.15, 0.2) is 0 Å². The molecule has 2 fully saturated rings. The second kappa shape index (κ2) is 5.43. The van der Waals surface area contributed by atoms with Crippen LogP contribution in [0.4, 0.5) is 13.2 Å². The Labute approximate surface area is 122 Å². The van der Waals surface area contributed by atoms with E-state index in [2.05, 4.69) is 10.6 Å². The van der Waals surface area contributed by atoms with E-state index < -0.39 is 17.5 Å². The molecule has 0 spiro atoms. The van der Waals surface area contributed by atoms with Crippen LogP contribution >= 0.6 is 0 Å². The van der Waals surface area contributed by atoms with Gasteiger partial charge < -0.3 is 15.4 Å². The van der Waals surface area contributed by atoms with Crippen molar-refractivity contribution in [2.24, 2.45) is 10.8 Å². The number of carbonyl (C=O) groups is 1. The number of carbonyl (C=O) groups excluding carboxylic acids is 1. The van der Waals surface area contributed by atoms with E-state index in [-0.39, 0.29) is 37.1 Å². The summed E-state index contributed by atoms with van der Waals surface area (Å²) < 4.78 is 45.4. The van der Waals surface area contributed by atoms with Crippen molar-refractivity contribution in [3.8, 4) is 0 Å². The number of alkyl halides is 3. The van der Waals surface area contributed by atoms with Crippen LogP contribution in [0, 0.1) is 10.8 Å². The highest BCUT2D eigenvalue weighted by Crippen LogP contribution is 2.46. The van der Waals surface area contributed by atoms with Gasteiger partial charge in [0.1, 0.15) is 0 Å². The summed E-state index contributed by atoms with van der Waals surface area (Å²) in [4.78, 5) is 12.3. The van der Waals surface area contributed by atoms with E-state index in [0.717, 1.165) is 0 Å². The van der Waals surface area contributed by atoms with E-state index in [9.17, 15) is 18.0 Å². The first-order chi connectivity index (χ1) is 9.65. The molecule has 0 aromatic carbocycles. The zero-order valence-electron chi connectivity index (χ0n) is 12.6. The van der Waals surface area contributed by atoms with E-state index in [1.807, 2.05) is 20.8 Å². The van der Waals surface area contributed by atoms with Gasteiger partial charge in [0.05, 0.1) is 6.10 Å². The Balaban J connectivity index is 2.05. The first kappa shape index (κ1) is 16.5. The monoisotopic (exact) mass is 308 g/mol. The van der Waals surface area contributed by atoms with E-state index in [1.165, 1.54) is 0 Å². The molecule has 3 unspecified atom stereocenters. The van der Waals surface area contributed by atoms with Gasteiger partial charge >= 0.3 is 6.18 Å². The first-order valence-electron chi connectivity index (χ1n) is 7.35. The maximum absolute atomic E-state index is 13.3. The molecule has 122 valence electrons. The Bertz CT molecular complexity index is 404. The normalized spacial score (nSPS) is 35.3. The molecule has 2 rings (SSSR count). The van der Waals surface area contributed by atoms with Crippen LogP contribution in [0.2, 0.25) is 0 Å². The minimum absolute atomic E-state index is 0.0173. The minimum Gasteiger partial charge on any atom is -0.378 e. The third-order valence-corrected chi connectivity index (χ3v) is 4.98. The number of ether oxygens (including phenoxy) is 1. The Hall–Kier alpha value is -0.820. The third-order valence-electron chi connectivity index (χ3n) is 4.98. The summed E-state index contributed by atoms with van der Waals surface area (Å²) in [7, 11) is 0. The Morgan fingerprint density at radius 1 is 1.43 bits per heavy atom. The molecule has 1 saturated heterocycles. The number of hydrogen-bond acceptors (Lipinski definition) is 3. The summed E-state index contributed by atoms with van der Waals surface area (Å²) >= 11 is 0.